The van der Waals surface area contributed by atoms with Gasteiger partial charge >= 0.3 is 0 Å². The largest absolute Gasteiger partial charge is 0.481 e. The third-order valence-corrected chi connectivity index (χ3v) is 2.27. The summed E-state index contributed by atoms with van der Waals surface area (Å²) in [5.74, 6) is 0.578. The van der Waals surface area contributed by atoms with E-state index in [2.05, 4.69) is 9.97 Å². The maximum Gasteiger partial charge on any atom is 0.212 e. The summed E-state index contributed by atoms with van der Waals surface area (Å²) in [5, 5.41) is 0. The number of aromatic nitrogens is 2. The minimum atomic E-state index is 0.578. The molecule has 0 spiro atoms. The van der Waals surface area contributed by atoms with Crippen LogP contribution in [0.25, 0.3) is 11.3 Å². The van der Waals surface area contributed by atoms with Gasteiger partial charge in [-0.25, -0.2) is 4.98 Å². The Labute approximate surface area is 94.1 Å². The fourth-order valence-electron chi connectivity index (χ4n) is 1.47. The van der Waals surface area contributed by atoms with E-state index in [-0.39, 0.29) is 0 Å². The molecule has 0 radical (unpaired) electrons. The molecule has 2 aromatic heterocycles. The van der Waals surface area contributed by atoms with E-state index >= 15 is 0 Å². The highest BCUT2D eigenvalue weighted by Crippen LogP contribution is 2.24. The number of nitrogens with zero attached hydrogens (tertiary/aromatic N) is 2. The minimum absolute atomic E-state index is 0.578. The van der Waals surface area contributed by atoms with E-state index in [0.29, 0.717) is 11.6 Å². The van der Waals surface area contributed by atoms with E-state index in [4.69, 9.17) is 10.5 Å². The van der Waals surface area contributed by atoms with Gasteiger partial charge in [0.25, 0.3) is 0 Å². The molecule has 4 heteroatoms. The van der Waals surface area contributed by atoms with E-state index in [1.807, 2.05) is 19.1 Å². The van der Waals surface area contributed by atoms with Crippen LogP contribution >= 0.6 is 0 Å². The number of hydrogen-bond donors (Lipinski definition) is 1. The van der Waals surface area contributed by atoms with Gasteiger partial charge in [0.05, 0.1) is 18.5 Å². The van der Waals surface area contributed by atoms with Gasteiger partial charge in [0.1, 0.15) is 0 Å². The predicted molar refractivity (Wildman–Crippen MR) is 63.2 cm³/mol. The van der Waals surface area contributed by atoms with Gasteiger partial charge in [0.2, 0.25) is 5.88 Å². The van der Waals surface area contributed by atoms with Crippen molar-refractivity contribution >= 4 is 5.69 Å². The van der Waals surface area contributed by atoms with Crippen LogP contribution in [0.4, 0.5) is 5.69 Å². The first-order valence-corrected chi connectivity index (χ1v) is 4.93. The summed E-state index contributed by atoms with van der Waals surface area (Å²) in [7, 11) is 1.58. The monoisotopic (exact) mass is 215 g/mol. The van der Waals surface area contributed by atoms with Crippen LogP contribution in [-0.4, -0.2) is 17.1 Å². The van der Waals surface area contributed by atoms with Gasteiger partial charge in [-0.1, -0.05) is 0 Å². The summed E-state index contributed by atoms with van der Waals surface area (Å²) in [5.41, 5.74) is 9.24. The van der Waals surface area contributed by atoms with Crippen LogP contribution in [0, 0.1) is 6.92 Å². The molecule has 0 fully saturated rings. The first kappa shape index (κ1) is 10.4. The fourth-order valence-corrected chi connectivity index (χ4v) is 1.47. The van der Waals surface area contributed by atoms with Crippen molar-refractivity contribution in [2.75, 3.05) is 12.8 Å². The van der Waals surface area contributed by atoms with E-state index < -0.39 is 0 Å². The number of nitrogen functional groups attached to an aromatic ring is 1. The number of aryl methyl sites for hydroxylation is 1. The van der Waals surface area contributed by atoms with Crippen molar-refractivity contribution in [2.24, 2.45) is 0 Å². The predicted octanol–water partition coefficient (Wildman–Crippen LogP) is 2.04. The van der Waals surface area contributed by atoms with Crippen molar-refractivity contribution in [1.82, 2.24) is 9.97 Å². The lowest BCUT2D eigenvalue weighted by molar-refractivity contribution is 0.398. The Hall–Kier alpha value is -2.10. The smallest absolute Gasteiger partial charge is 0.212 e. The number of rotatable bonds is 2. The fraction of sp³-hybridized carbons (Fsp3) is 0.167. The van der Waals surface area contributed by atoms with Gasteiger partial charge in [0, 0.05) is 24.0 Å². The normalized spacial score (nSPS) is 10.1. The van der Waals surface area contributed by atoms with Gasteiger partial charge in [-0.3, -0.25) is 4.98 Å². The zero-order valence-electron chi connectivity index (χ0n) is 9.27. The first-order chi connectivity index (χ1) is 7.70. The molecule has 0 saturated carbocycles. The zero-order chi connectivity index (χ0) is 11.5. The Morgan fingerprint density at radius 1 is 1.19 bits per heavy atom. The molecule has 0 aliphatic heterocycles. The molecule has 0 saturated heterocycles. The highest BCUT2D eigenvalue weighted by molar-refractivity contribution is 5.72. The minimum Gasteiger partial charge on any atom is -0.481 e. The Balaban J connectivity index is 2.42. The van der Waals surface area contributed by atoms with Crippen LogP contribution in [0.2, 0.25) is 0 Å². The lowest BCUT2D eigenvalue weighted by Crippen LogP contribution is -1.95. The number of nitrogens with two attached hydrogens (primary N) is 1. The van der Waals surface area contributed by atoms with Gasteiger partial charge in [0.15, 0.2) is 0 Å². The Bertz CT molecular complexity index is 494. The molecule has 0 aliphatic carbocycles. The molecule has 0 unspecified atom stereocenters. The third-order valence-electron chi connectivity index (χ3n) is 2.27. The molecule has 16 heavy (non-hydrogen) atoms. The molecule has 0 amide bonds. The molecule has 2 N–H and O–H groups in total. The van der Waals surface area contributed by atoms with Crippen molar-refractivity contribution in [3.8, 4) is 17.1 Å². The number of hydrogen-bond acceptors (Lipinski definition) is 4. The van der Waals surface area contributed by atoms with Crippen molar-refractivity contribution in [3.05, 3.63) is 36.2 Å². The van der Waals surface area contributed by atoms with Crippen LogP contribution in [0.5, 0.6) is 5.88 Å². The number of methoxy groups -OCH3 is 1. The van der Waals surface area contributed by atoms with Gasteiger partial charge in [-0.15, -0.1) is 0 Å². The summed E-state index contributed by atoms with van der Waals surface area (Å²) >= 11 is 0. The highest BCUT2D eigenvalue weighted by Gasteiger charge is 2.05. The molecule has 4 nitrogen and oxygen atoms in total. The molecule has 2 aromatic rings. The van der Waals surface area contributed by atoms with Crippen molar-refractivity contribution in [2.45, 2.75) is 6.92 Å². The topological polar surface area (TPSA) is 61.0 Å². The van der Waals surface area contributed by atoms with Crippen LogP contribution in [-0.2, 0) is 0 Å². The third kappa shape index (κ3) is 1.95. The van der Waals surface area contributed by atoms with Gasteiger partial charge < -0.3 is 10.5 Å². The second-order valence-electron chi connectivity index (χ2n) is 3.54. The molecule has 0 aliphatic rings. The zero-order valence-corrected chi connectivity index (χ0v) is 9.27. The molecular weight excluding hydrogens is 202 g/mol. The summed E-state index contributed by atoms with van der Waals surface area (Å²) in [6.07, 6.45) is 3.49. The first-order valence-electron chi connectivity index (χ1n) is 4.93. The standard InChI is InChI=1S/C12H13N3O/c1-8-5-10(13)12(15-6-8)9-3-4-11(16-2)14-7-9/h3-7H,13H2,1-2H3. The van der Waals surface area contributed by atoms with E-state index in [0.717, 1.165) is 16.8 Å². The number of anilines is 1. The Kier molecular flexibility index (Phi) is 2.72. The van der Waals surface area contributed by atoms with E-state index in [1.165, 1.54) is 0 Å². The molecule has 0 atom stereocenters. The summed E-state index contributed by atoms with van der Waals surface area (Å²) in [4.78, 5) is 8.42. The Morgan fingerprint density at radius 3 is 2.56 bits per heavy atom. The number of ether oxygens (including phenoxy) is 1. The Morgan fingerprint density at radius 2 is 2.00 bits per heavy atom. The lowest BCUT2D eigenvalue weighted by atomic mass is 10.1. The van der Waals surface area contributed by atoms with Crippen LogP contribution in [0.15, 0.2) is 30.6 Å². The van der Waals surface area contributed by atoms with E-state index in [1.54, 1.807) is 25.6 Å². The van der Waals surface area contributed by atoms with E-state index in [9.17, 15) is 0 Å². The highest BCUT2D eigenvalue weighted by atomic mass is 16.5. The molecular formula is C12H13N3O. The maximum atomic E-state index is 5.90. The van der Waals surface area contributed by atoms with Crippen LogP contribution in [0.1, 0.15) is 5.56 Å². The van der Waals surface area contributed by atoms with Crippen molar-refractivity contribution < 1.29 is 4.74 Å². The summed E-state index contributed by atoms with van der Waals surface area (Å²) < 4.78 is 4.99. The second kappa shape index (κ2) is 4.18. The molecule has 82 valence electrons. The van der Waals surface area contributed by atoms with Gasteiger partial charge in [-0.2, -0.15) is 0 Å². The lowest BCUT2D eigenvalue weighted by Gasteiger charge is -2.05. The SMILES string of the molecule is COc1ccc(-c2ncc(C)cc2N)cn1. The molecule has 0 bridgehead atoms. The molecule has 2 heterocycles. The van der Waals surface area contributed by atoms with Crippen LogP contribution in [0.3, 0.4) is 0 Å². The summed E-state index contributed by atoms with van der Waals surface area (Å²) in [6, 6.07) is 5.57. The van der Waals surface area contributed by atoms with Crippen molar-refractivity contribution in [3.63, 3.8) is 0 Å². The quantitative estimate of drug-likeness (QED) is 0.832. The second-order valence-corrected chi connectivity index (χ2v) is 3.54. The van der Waals surface area contributed by atoms with Gasteiger partial charge in [-0.05, 0) is 24.6 Å². The average Bonchev–Trinajstić information content (AvgIpc) is 2.29. The van der Waals surface area contributed by atoms with Crippen molar-refractivity contribution in [1.29, 1.82) is 0 Å². The average molecular weight is 215 g/mol. The molecule has 2 rings (SSSR count). The molecule has 0 aromatic carbocycles. The van der Waals surface area contributed by atoms with Crippen LogP contribution < -0.4 is 10.5 Å². The maximum absolute atomic E-state index is 5.90. The number of pyridine rings is 2. The summed E-state index contributed by atoms with van der Waals surface area (Å²) in [6.45, 7) is 1.96.